The highest BCUT2D eigenvalue weighted by atomic mass is 16.2. The van der Waals surface area contributed by atoms with Crippen molar-refractivity contribution in [1.82, 2.24) is 5.32 Å². The zero-order chi connectivity index (χ0) is 14.7. The summed E-state index contributed by atoms with van der Waals surface area (Å²) in [5.74, 6) is 0.116. The molecule has 1 unspecified atom stereocenters. The summed E-state index contributed by atoms with van der Waals surface area (Å²) in [4.78, 5) is 23.5. The summed E-state index contributed by atoms with van der Waals surface area (Å²) in [7, 11) is 0. The molecular weight excluding hydrogens is 266 g/mol. The van der Waals surface area contributed by atoms with Crippen LogP contribution in [0, 0.1) is 0 Å². The molecule has 112 valence electrons. The maximum atomic E-state index is 12.0. The number of fused-ring (bicyclic) bond motifs is 1. The molecule has 2 heterocycles. The lowest BCUT2D eigenvalue weighted by Gasteiger charge is -2.12. The molecule has 1 aromatic rings. The van der Waals surface area contributed by atoms with Gasteiger partial charge in [-0.3, -0.25) is 9.59 Å². The lowest BCUT2D eigenvalue weighted by molar-refractivity contribution is -0.117. The lowest BCUT2D eigenvalue weighted by atomic mass is 10.1. The summed E-state index contributed by atoms with van der Waals surface area (Å²) in [5.41, 5.74) is 2.78. The number of carbonyl (C=O) groups excluding carboxylic acids is 2. The molecule has 1 fully saturated rings. The third kappa shape index (κ3) is 3.61. The highest BCUT2D eigenvalue weighted by Gasteiger charge is 2.18. The number of aryl methyl sites for hydroxylation is 1. The van der Waals surface area contributed by atoms with Crippen molar-refractivity contribution in [2.75, 3.05) is 17.2 Å². The first-order valence-electron chi connectivity index (χ1n) is 7.67. The van der Waals surface area contributed by atoms with E-state index in [9.17, 15) is 9.59 Å². The van der Waals surface area contributed by atoms with Gasteiger partial charge in [-0.2, -0.15) is 0 Å². The van der Waals surface area contributed by atoms with Gasteiger partial charge in [0, 0.05) is 30.3 Å². The number of anilines is 2. The van der Waals surface area contributed by atoms with Gasteiger partial charge in [-0.1, -0.05) is 0 Å². The van der Waals surface area contributed by atoms with Crippen molar-refractivity contribution in [3.63, 3.8) is 0 Å². The van der Waals surface area contributed by atoms with Crippen molar-refractivity contribution in [3.05, 3.63) is 23.8 Å². The Kier molecular flexibility index (Phi) is 4.20. The van der Waals surface area contributed by atoms with Crippen LogP contribution >= 0.6 is 0 Å². The minimum Gasteiger partial charge on any atom is -0.326 e. The number of rotatable bonds is 3. The standard InChI is InChI=1S/C16H21N3O2/c20-15-5-1-3-11-9-13(6-7-14(11)19-15)18-16(21)10-12-4-2-8-17-12/h6-7,9,12,17H,1-5,8,10H2,(H,18,21)(H,19,20). The van der Waals surface area contributed by atoms with E-state index in [-0.39, 0.29) is 11.8 Å². The van der Waals surface area contributed by atoms with E-state index in [1.54, 1.807) is 0 Å². The quantitative estimate of drug-likeness (QED) is 0.797. The van der Waals surface area contributed by atoms with Gasteiger partial charge in [-0.25, -0.2) is 0 Å². The SMILES string of the molecule is O=C(CC1CCCN1)Nc1ccc2c(c1)CCCC(=O)N2. The second-order valence-electron chi connectivity index (χ2n) is 5.82. The maximum absolute atomic E-state index is 12.0. The van der Waals surface area contributed by atoms with Crippen molar-refractivity contribution in [3.8, 4) is 0 Å². The second kappa shape index (κ2) is 6.26. The summed E-state index contributed by atoms with van der Waals surface area (Å²) in [6.07, 6.45) is 5.02. The largest absolute Gasteiger partial charge is 0.326 e. The van der Waals surface area contributed by atoms with Crippen LogP contribution < -0.4 is 16.0 Å². The number of amides is 2. The van der Waals surface area contributed by atoms with Gasteiger partial charge >= 0.3 is 0 Å². The molecule has 1 atom stereocenters. The van der Waals surface area contributed by atoms with E-state index in [1.165, 1.54) is 0 Å². The van der Waals surface area contributed by atoms with Crippen LogP contribution in [-0.4, -0.2) is 24.4 Å². The first kappa shape index (κ1) is 14.1. The summed E-state index contributed by atoms with van der Waals surface area (Å²) >= 11 is 0. The maximum Gasteiger partial charge on any atom is 0.225 e. The first-order valence-corrected chi connectivity index (χ1v) is 7.67. The second-order valence-corrected chi connectivity index (χ2v) is 5.82. The Balaban J connectivity index is 1.64. The van der Waals surface area contributed by atoms with Crippen molar-refractivity contribution >= 4 is 23.2 Å². The van der Waals surface area contributed by atoms with Crippen LogP contribution in [0.15, 0.2) is 18.2 Å². The Morgan fingerprint density at radius 2 is 2.19 bits per heavy atom. The van der Waals surface area contributed by atoms with Crippen molar-refractivity contribution < 1.29 is 9.59 Å². The molecule has 21 heavy (non-hydrogen) atoms. The molecule has 2 aliphatic heterocycles. The van der Waals surface area contributed by atoms with Crippen LogP contribution in [0.2, 0.25) is 0 Å². The van der Waals surface area contributed by atoms with E-state index in [2.05, 4.69) is 16.0 Å². The molecule has 1 saturated heterocycles. The predicted molar refractivity (Wildman–Crippen MR) is 82.3 cm³/mol. The van der Waals surface area contributed by atoms with E-state index in [0.29, 0.717) is 18.9 Å². The molecule has 0 aliphatic carbocycles. The summed E-state index contributed by atoms with van der Waals surface area (Å²) in [6, 6.07) is 6.01. The Morgan fingerprint density at radius 3 is 3.00 bits per heavy atom. The van der Waals surface area contributed by atoms with Gasteiger partial charge in [0.05, 0.1) is 0 Å². The molecule has 0 spiro atoms. The highest BCUT2D eigenvalue weighted by Crippen LogP contribution is 2.25. The van der Waals surface area contributed by atoms with E-state index < -0.39 is 0 Å². The smallest absolute Gasteiger partial charge is 0.225 e. The van der Waals surface area contributed by atoms with Crippen LogP contribution in [0.25, 0.3) is 0 Å². The molecular formula is C16H21N3O2. The molecule has 5 nitrogen and oxygen atoms in total. The van der Waals surface area contributed by atoms with Gasteiger partial charge in [0.1, 0.15) is 0 Å². The molecule has 2 amide bonds. The molecule has 3 rings (SSSR count). The van der Waals surface area contributed by atoms with E-state index >= 15 is 0 Å². The van der Waals surface area contributed by atoms with Gasteiger partial charge in [-0.15, -0.1) is 0 Å². The van der Waals surface area contributed by atoms with Crippen LogP contribution in [0.3, 0.4) is 0 Å². The highest BCUT2D eigenvalue weighted by molar-refractivity contribution is 5.94. The molecule has 0 aromatic heterocycles. The Hall–Kier alpha value is -1.88. The molecule has 3 N–H and O–H groups in total. The average molecular weight is 287 g/mol. The zero-order valence-corrected chi connectivity index (χ0v) is 12.1. The molecule has 0 bridgehead atoms. The number of carbonyl (C=O) groups is 2. The number of hydrogen-bond acceptors (Lipinski definition) is 3. The van der Waals surface area contributed by atoms with E-state index in [1.807, 2.05) is 18.2 Å². The Labute approximate surface area is 124 Å². The molecule has 0 radical (unpaired) electrons. The predicted octanol–water partition coefficient (Wildman–Crippen LogP) is 2.04. The topological polar surface area (TPSA) is 70.2 Å². The molecule has 0 saturated carbocycles. The van der Waals surface area contributed by atoms with Gasteiger partial charge in [0.15, 0.2) is 0 Å². The van der Waals surface area contributed by atoms with E-state index in [0.717, 1.165) is 49.2 Å². The number of hydrogen-bond donors (Lipinski definition) is 3. The van der Waals surface area contributed by atoms with Gasteiger partial charge in [-0.05, 0) is 56.0 Å². The monoisotopic (exact) mass is 287 g/mol. The fourth-order valence-electron chi connectivity index (χ4n) is 3.02. The van der Waals surface area contributed by atoms with Gasteiger partial charge in [0.25, 0.3) is 0 Å². The third-order valence-corrected chi connectivity index (χ3v) is 4.11. The molecule has 2 aliphatic rings. The van der Waals surface area contributed by atoms with Gasteiger partial charge in [0.2, 0.25) is 11.8 Å². The fraction of sp³-hybridized carbons (Fsp3) is 0.500. The van der Waals surface area contributed by atoms with Crippen LogP contribution in [0.5, 0.6) is 0 Å². The van der Waals surface area contributed by atoms with Crippen LogP contribution in [0.4, 0.5) is 11.4 Å². The summed E-state index contributed by atoms with van der Waals surface area (Å²) < 4.78 is 0. The summed E-state index contributed by atoms with van der Waals surface area (Å²) in [6.45, 7) is 1.01. The number of nitrogens with one attached hydrogen (secondary N) is 3. The molecule has 5 heteroatoms. The Bertz CT molecular complexity index is 550. The first-order chi connectivity index (χ1) is 10.2. The fourth-order valence-corrected chi connectivity index (χ4v) is 3.02. The van der Waals surface area contributed by atoms with Crippen molar-refractivity contribution in [2.24, 2.45) is 0 Å². The van der Waals surface area contributed by atoms with E-state index in [4.69, 9.17) is 0 Å². The molecule has 1 aromatic carbocycles. The minimum absolute atomic E-state index is 0.0482. The lowest BCUT2D eigenvalue weighted by Crippen LogP contribution is -2.27. The number of benzene rings is 1. The normalized spacial score (nSPS) is 21.3. The Morgan fingerprint density at radius 1 is 1.29 bits per heavy atom. The van der Waals surface area contributed by atoms with Crippen LogP contribution in [0.1, 0.15) is 37.7 Å². The average Bonchev–Trinajstić information content (AvgIpc) is 2.87. The van der Waals surface area contributed by atoms with Crippen LogP contribution in [-0.2, 0) is 16.0 Å². The minimum atomic E-state index is 0.0482. The third-order valence-electron chi connectivity index (χ3n) is 4.11. The van der Waals surface area contributed by atoms with Gasteiger partial charge < -0.3 is 16.0 Å². The van der Waals surface area contributed by atoms with Crippen molar-refractivity contribution in [1.29, 1.82) is 0 Å². The summed E-state index contributed by atoms with van der Waals surface area (Å²) in [5, 5.41) is 9.19. The van der Waals surface area contributed by atoms with Crippen molar-refractivity contribution in [2.45, 2.75) is 44.6 Å². The zero-order valence-electron chi connectivity index (χ0n) is 12.1.